The monoisotopic (exact) mass is 348 g/mol. The highest BCUT2D eigenvalue weighted by Crippen LogP contribution is 2.14. The van der Waals surface area contributed by atoms with Gasteiger partial charge in [0.2, 0.25) is 0 Å². The van der Waals surface area contributed by atoms with Crippen LogP contribution in [0.2, 0.25) is 0 Å². The number of H-pyrrole nitrogens is 2. The minimum Gasteiger partial charge on any atom is -0.342 e. The Hall–Kier alpha value is -3.35. The molecule has 0 radical (unpaired) electrons. The molecular weight excluding hydrogens is 328 g/mol. The van der Waals surface area contributed by atoms with Crippen molar-refractivity contribution in [1.29, 1.82) is 0 Å². The minimum absolute atomic E-state index is 0.202. The number of amides is 2. The first-order valence-corrected chi connectivity index (χ1v) is 8.49. The molecule has 4 N–H and O–H groups in total. The van der Waals surface area contributed by atoms with Crippen molar-refractivity contribution < 1.29 is 4.79 Å². The van der Waals surface area contributed by atoms with E-state index in [2.05, 4.69) is 30.6 Å². The fourth-order valence-electron chi connectivity index (χ4n) is 3.02. The van der Waals surface area contributed by atoms with Crippen LogP contribution in [0.3, 0.4) is 0 Å². The molecule has 4 rings (SSSR count). The largest absolute Gasteiger partial charge is 0.342 e. The van der Waals surface area contributed by atoms with Crippen molar-refractivity contribution in [2.75, 3.05) is 0 Å². The predicted octanol–water partition coefficient (Wildman–Crippen LogP) is 3.06. The van der Waals surface area contributed by atoms with E-state index in [1.54, 1.807) is 0 Å². The van der Waals surface area contributed by atoms with Crippen LogP contribution in [0.4, 0.5) is 4.79 Å². The lowest BCUT2D eigenvalue weighted by Gasteiger charge is -2.08. The number of hydrogen-bond donors (Lipinski definition) is 4. The number of rotatable bonds is 4. The van der Waals surface area contributed by atoms with Crippen LogP contribution in [0.25, 0.3) is 22.1 Å². The number of nitrogens with one attached hydrogen (secondary N) is 4. The molecule has 0 unspecified atom stereocenters. The molecule has 7 heteroatoms. The summed E-state index contributed by atoms with van der Waals surface area (Å²) in [7, 11) is 0. The van der Waals surface area contributed by atoms with Gasteiger partial charge in [-0.1, -0.05) is 12.1 Å². The molecule has 2 amide bonds. The molecule has 0 saturated carbocycles. The van der Waals surface area contributed by atoms with E-state index in [1.165, 1.54) is 0 Å². The molecule has 0 aliphatic carbocycles. The van der Waals surface area contributed by atoms with E-state index >= 15 is 0 Å². The number of carbonyl (C=O) groups is 1. The van der Waals surface area contributed by atoms with Gasteiger partial charge in [0, 0.05) is 13.1 Å². The average Bonchev–Trinajstić information content (AvgIpc) is 3.17. The van der Waals surface area contributed by atoms with Gasteiger partial charge in [-0.2, -0.15) is 0 Å². The van der Waals surface area contributed by atoms with Crippen LogP contribution in [-0.2, 0) is 13.1 Å². The smallest absolute Gasteiger partial charge is 0.315 e. The molecule has 0 fully saturated rings. The van der Waals surface area contributed by atoms with Crippen molar-refractivity contribution in [2.24, 2.45) is 0 Å². The van der Waals surface area contributed by atoms with Crippen LogP contribution in [0, 0.1) is 13.8 Å². The quantitative estimate of drug-likeness (QED) is 0.456. The molecule has 7 nitrogen and oxygen atoms in total. The lowest BCUT2D eigenvalue weighted by molar-refractivity contribution is 0.240. The first kappa shape index (κ1) is 16.1. The van der Waals surface area contributed by atoms with E-state index in [9.17, 15) is 4.79 Å². The maximum absolute atomic E-state index is 12.1. The van der Waals surface area contributed by atoms with Gasteiger partial charge in [-0.3, -0.25) is 0 Å². The van der Waals surface area contributed by atoms with Crippen LogP contribution in [0.15, 0.2) is 36.4 Å². The number of carbonyl (C=O) groups excluding carboxylic acids is 1. The number of fused-ring (bicyclic) bond motifs is 2. The zero-order valence-electron chi connectivity index (χ0n) is 14.7. The maximum atomic E-state index is 12.1. The van der Waals surface area contributed by atoms with E-state index in [-0.39, 0.29) is 6.03 Å². The van der Waals surface area contributed by atoms with Crippen molar-refractivity contribution in [2.45, 2.75) is 26.9 Å². The van der Waals surface area contributed by atoms with Gasteiger partial charge in [0.1, 0.15) is 11.6 Å². The van der Waals surface area contributed by atoms with E-state index in [0.29, 0.717) is 13.1 Å². The molecule has 0 bridgehead atoms. The minimum atomic E-state index is -0.202. The predicted molar refractivity (Wildman–Crippen MR) is 101 cm³/mol. The average molecular weight is 348 g/mol. The number of aryl methyl sites for hydroxylation is 2. The SMILES string of the molecule is Cc1nc2ccc(CNC(=O)NCc3ccc4nc(C)[nH]c4c3)cc2[nH]1. The summed E-state index contributed by atoms with van der Waals surface area (Å²) >= 11 is 0. The highest BCUT2D eigenvalue weighted by molar-refractivity contribution is 5.78. The van der Waals surface area contributed by atoms with E-state index in [0.717, 1.165) is 44.8 Å². The summed E-state index contributed by atoms with van der Waals surface area (Å²) < 4.78 is 0. The van der Waals surface area contributed by atoms with Gasteiger partial charge in [0.05, 0.1) is 22.1 Å². The Kier molecular flexibility index (Phi) is 4.04. The second-order valence-corrected chi connectivity index (χ2v) is 6.38. The van der Waals surface area contributed by atoms with Gasteiger partial charge in [0.15, 0.2) is 0 Å². The van der Waals surface area contributed by atoms with Gasteiger partial charge >= 0.3 is 6.03 Å². The maximum Gasteiger partial charge on any atom is 0.315 e. The topological polar surface area (TPSA) is 98.5 Å². The van der Waals surface area contributed by atoms with E-state index in [4.69, 9.17) is 0 Å². The summed E-state index contributed by atoms with van der Waals surface area (Å²) in [6.45, 7) is 4.76. The highest BCUT2D eigenvalue weighted by Gasteiger charge is 2.05. The van der Waals surface area contributed by atoms with Gasteiger partial charge in [-0.25, -0.2) is 14.8 Å². The second kappa shape index (κ2) is 6.51. The summed E-state index contributed by atoms with van der Waals surface area (Å²) in [5, 5.41) is 5.75. The molecule has 132 valence electrons. The lowest BCUT2D eigenvalue weighted by Crippen LogP contribution is -2.34. The lowest BCUT2D eigenvalue weighted by atomic mass is 10.2. The number of aromatic amines is 2. The second-order valence-electron chi connectivity index (χ2n) is 6.38. The van der Waals surface area contributed by atoms with Crippen molar-refractivity contribution in [1.82, 2.24) is 30.6 Å². The van der Waals surface area contributed by atoms with Gasteiger partial charge in [0.25, 0.3) is 0 Å². The molecule has 26 heavy (non-hydrogen) atoms. The molecule has 0 atom stereocenters. The van der Waals surface area contributed by atoms with Crippen molar-refractivity contribution in [3.8, 4) is 0 Å². The fourth-order valence-corrected chi connectivity index (χ4v) is 3.02. The molecule has 4 aromatic rings. The van der Waals surface area contributed by atoms with Crippen LogP contribution in [-0.4, -0.2) is 26.0 Å². The summed E-state index contributed by atoms with van der Waals surface area (Å²) in [5.41, 5.74) is 5.85. The van der Waals surface area contributed by atoms with Gasteiger partial charge < -0.3 is 20.6 Å². The molecule has 0 saturated heterocycles. The zero-order chi connectivity index (χ0) is 18.1. The van der Waals surface area contributed by atoms with Crippen LogP contribution >= 0.6 is 0 Å². The van der Waals surface area contributed by atoms with Crippen LogP contribution < -0.4 is 10.6 Å². The third-order valence-electron chi connectivity index (χ3n) is 4.24. The number of hydrogen-bond acceptors (Lipinski definition) is 3. The van der Waals surface area contributed by atoms with Crippen molar-refractivity contribution in [3.05, 3.63) is 59.2 Å². The summed E-state index contributed by atoms with van der Waals surface area (Å²) in [6.07, 6.45) is 0. The Morgan fingerprint density at radius 1 is 0.846 bits per heavy atom. The number of nitrogens with zero attached hydrogens (tertiary/aromatic N) is 2. The highest BCUT2D eigenvalue weighted by atomic mass is 16.2. The number of benzene rings is 2. The summed E-state index contributed by atoms with van der Waals surface area (Å²) in [6, 6.07) is 11.7. The first-order valence-electron chi connectivity index (χ1n) is 8.49. The summed E-state index contributed by atoms with van der Waals surface area (Å²) in [4.78, 5) is 27.2. The standard InChI is InChI=1S/C19H20N6O/c1-11-22-15-5-3-13(7-17(15)24-11)9-20-19(26)21-10-14-4-6-16-18(8-14)25-12(2)23-16/h3-8H,9-10H2,1-2H3,(H,22,24)(H,23,25)(H2,20,21,26). The molecule has 0 aliphatic heterocycles. The molecule has 2 heterocycles. The Labute approximate surface area is 150 Å². The van der Waals surface area contributed by atoms with E-state index < -0.39 is 0 Å². The number of imidazole rings is 2. The first-order chi connectivity index (χ1) is 12.6. The van der Waals surface area contributed by atoms with Gasteiger partial charge in [-0.05, 0) is 49.2 Å². The molecule has 0 spiro atoms. The van der Waals surface area contributed by atoms with Crippen molar-refractivity contribution >= 4 is 28.1 Å². The number of aromatic nitrogens is 4. The fraction of sp³-hybridized carbons (Fsp3) is 0.211. The van der Waals surface area contributed by atoms with Gasteiger partial charge in [-0.15, -0.1) is 0 Å². The Bertz CT molecular complexity index is 1010. The van der Waals surface area contributed by atoms with Crippen LogP contribution in [0.1, 0.15) is 22.8 Å². The Morgan fingerprint density at radius 3 is 1.77 bits per heavy atom. The molecule has 0 aliphatic rings. The summed E-state index contributed by atoms with van der Waals surface area (Å²) in [5.74, 6) is 1.76. The normalized spacial score (nSPS) is 11.2. The molecule has 2 aromatic heterocycles. The Balaban J connectivity index is 1.33. The number of urea groups is 1. The zero-order valence-corrected chi connectivity index (χ0v) is 14.7. The third-order valence-corrected chi connectivity index (χ3v) is 4.24. The molecular formula is C19H20N6O. The van der Waals surface area contributed by atoms with Crippen LogP contribution in [0.5, 0.6) is 0 Å². The Morgan fingerprint density at radius 2 is 1.31 bits per heavy atom. The molecule has 2 aromatic carbocycles. The third kappa shape index (κ3) is 3.37. The van der Waals surface area contributed by atoms with Crippen molar-refractivity contribution in [3.63, 3.8) is 0 Å². The van der Waals surface area contributed by atoms with E-state index in [1.807, 2.05) is 50.2 Å².